The lowest BCUT2D eigenvalue weighted by Gasteiger charge is -2.06. The molecule has 3 nitrogen and oxygen atoms in total. The van der Waals surface area contributed by atoms with Gasteiger partial charge in [0.15, 0.2) is 0 Å². The van der Waals surface area contributed by atoms with E-state index in [1.54, 1.807) is 6.92 Å². The molecule has 0 rings (SSSR count). The molecule has 0 aliphatic rings. The summed E-state index contributed by atoms with van der Waals surface area (Å²) in [7, 11) is 0. The van der Waals surface area contributed by atoms with Crippen LogP contribution >= 0.6 is 34.8 Å². The van der Waals surface area contributed by atoms with Crippen molar-refractivity contribution >= 4 is 40.8 Å². The number of hydrogen-bond acceptors (Lipinski definition) is 3. The molecule has 6 heteroatoms. The number of rotatable bonds is 2. The summed E-state index contributed by atoms with van der Waals surface area (Å²) in [5.74, 6) is -1.04. The van der Waals surface area contributed by atoms with Gasteiger partial charge in [0, 0.05) is 0 Å². The molecular formula is C4H5Cl3O3. The Morgan fingerprint density at radius 1 is 1.50 bits per heavy atom. The number of hydrogen-bond donors (Lipinski definition) is 0. The predicted molar refractivity (Wildman–Crippen MR) is 38.0 cm³/mol. The average Bonchev–Trinajstić information content (AvgIpc) is 1.80. The zero-order chi connectivity index (χ0) is 8.20. The van der Waals surface area contributed by atoms with E-state index in [0.717, 1.165) is 0 Å². The van der Waals surface area contributed by atoms with Gasteiger partial charge in [-0.15, -0.1) is 0 Å². The van der Waals surface area contributed by atoms with Gasteiger partial charge in [-0.25, -0.2) is 4.79 Å². The molecule has 0 saturated carbocycles. The summed E-state index contributed by atoms with van der Waals surface area (Å²) in [6, 6.07) is 0. The quantitative estimate of drug-likeness (QED) is 0.394. The van der Waals surface area contributed by atoms with Crippen LogP contribution < -0.4 is 0 Å². The molecule has 0 fully saturated rings. The topological polar surface area (TPSA) is 35.5 Å². The molecule has 0 amide bonds. The van der Waals surface area contributed by atoms with Crippen molar-refractivity contribution in [1.82, 2.24) is 0 Å². The Hall–Kier alpha value is 0.300. The third-order valence-electron chi connectivity index (χ3n) is 0.484. The highest BCUT2D eigenvalue weighted by Gasteiger charge is 2.33. The fourth-order valence-corrected chi connectivity index (χ4v) is 0.254. The maximum atomic E-state index is 10.5. The SMILES string of the molecule is CCOOC(=O)C(Cl)(Cl)Cl. The highest BCUT2D eigenvalue weighted by Crippen LogP contribution is 2.27. The van der Waals surface area contributed by atoms with Crippen molar-refractivity contribution in [2.45, 2.75) is 10.7 Å². The van der Waals surface area contributed by atoms with E-state index in [-0.39, 0.29) is 6.61 Å². The van der Waals surface area contributed by atoms with E-state index in [1.807, 2.05) is 0 Å². The van der Waals surface area contributed by atoms with Crippen LogP contribution in [0.4, 0.5) is 0 Å². The molecule has 0 aromatic rings. The molecule has 0 aliphatic heterocycles. The third kappa shape index (κ3) is 4.17. The molecule has 10 heavy (non-hydrogen) atoms. The van der Waals surface area contributed by atoms with Gasteiger partial charge in [-0.2, -0.15) is 4.89 Å². The summed E-state index contributed by atoms with van der Waals surface area (Å²) in [6.45, 7) is 1.85. The lowest BCUT2D eigenvalue weighted by molar-refractivity contribution is -0.268. The van der Waals surface area contributed by atoms with Crippen molar-refractivity contribution in [2.75, 3.05) is 6.61 Å². The highest BCUT2D eigenvalue weighted by molar-refractivity contribution is 6.75. The van der Waals surface area contributed by atoms with E-state index in [9.17, 15) is 4.79 Å². The van der Waals surface area contributed by atoms with Crippen LogP contribution in [0.1, 0.15) is 6.92 Å². The number of halogens is 3. The van der Waals surface area contributed by atoms with Gasteiger partial charge < -0.3 is 0 Å². The molecule has 0 N–H and O–H groups in total. The predicted octanol–water partition coefficient (Wildman–Crippen LogP) is 1.85. The van der Waals surface area contributed by atoms with Gasteiger partial charge in [0.1, 0.15) is 0 Å². The van der Waals surface area contributed by atoms with E-state index in [4.69, 9.17) is 34.8 Å². The first-order valence-electron chi connectivity index (χ1n) is 2.39. The Bertz CT molecular complexity index is 119. The van der Waals surface area contributed by atoms with Crippen LogP contribution in [0.15, 0.2) is 0 Å². The Balaban J connectivity index is 3.64. The third-order valence-corrected chi connectivity index (χ3v) is 0.947. The zero-order valence-electron chi connectivity index (χ0n) is 5.07. The molecule has 0 unspecified atom stereocenters. The van der Waals surface area contributed by atoms with Gasteiger partial charge in [-0.05, 0) is 6.92 Å². The molecule has 0 radical (unpaired) electrons. The maximum Gasteiger partial charge on any atom is 0.393 e. The van der Waals surface area contributed by atoms with Crippen molar-refractivity contribution in [3.05, 3.63) is 0 Å². The number of carbonyl (C=O) groups excluding carboxylic acids is 1. The van der Waals surface area contributed by atoms with Gasteiger partial charge in [0.2, 0.25) is 0 Å². The summed E-state index contributed by atoms with van der Waals surface area (Å²) in [5.41, 5.74) is 0. The van der Waals surface area contributed by atoms with Crippen molar-refractivity contribution in [2.24, 2.45) is 0 Å². The van der Waals surface area contributed by atoms with Crippen LogP contribution in [0.3, 0.4) is 0 Å². The van der Waals surface area contributed by atoms with Gasteiger partial charge >= 0.3 is 5.97 Å². The van der Waals surface area contributed by atoms with Crippen molar-refractivity contribution in [1.29, 1.82) is 0 Å². The van der Waals surface area contributed by atoms with E-state index >= 15 is 0 Å². The van der Waals surface area contributed by atoms with Crippen molar-refractivity contribution < 1.29 is 14.6 Å². The second kappa shape index (κ2) is 4.23. The molecule has 0 bridgehead atoms. The lowest BCUT2D eigenvalue weighted by Crippen LogP contribution is -2.21. The molecule has 0 aromatic heterocycles. The fourth-order valence-electron chi connectivity index (χ4n) is 0.160. The van der Waals surface area contributed by atoms with Crippen LogP contribution in [0.25, 0.3) is 0 Å². The summed E-state index contributed by atoms with van der Waals surface area (Å²) in [4.78, 5) is 18.7. The number of alkyl halides is 3. The molecular weight excluding hydrogens is 202 g/mol. The first kappa shape index (κ1) is 10.3. The van der Waals surface area contributed by atoms with E-state index in [2.05, 4.69) is 9.78 Å². The summed E-state index contributed by atoms with van der Waals surface area (Å²) in [5, 5.41) is 0. The minimum Gasteiger partial charge on any atom is -0.293 e. The van der Waals surface area contributed by atoms with Gasteiger partial charge in [0.25, 0.3) is 3.79 Å². The van der Waals surface area contributed by atoms with Crippen LogP contribution in [0, 0.1) is 0 Å². The molecule has 60 valence electrons. The monoisotopic (exact) mass is 206 g/mol. The standard InChI is InChI=1S/C4H5Cl3O3/c1-2-9-10-3(8)4(5,6)7/h2H2,1H3. The smallest absolute Gasteiger partial charge is 0.293 e. The van der Waals surface area contributed by atoms with Crippen LogP contribution in [0.5, 0.6) is 0 Å². The Labute approximate surface area is 73.1 Å². The molecule has 0 aromatic carbocycles. The molecule has 0 spiro atoms. The van der Waals surface area contributed by atoms with Gasteiger partial charge in [0.05, 0.1) is 6.61 Å². The first-order valence-corrected chi connectivity index (χ1v) is 3.52. The average molecular weight is 207 g/mol. The Morgan fingerprint density at radius 3 is 2.30 bits per heavy atom. The second-order valence-corrected chi connectivity index (χ2v) is 3.56. The minimum atomic E-state index is -2.06. The molecule has 0 aliphatic carbocycles. The van der Waals surface area contributed by atoms with E-state index in [1.165, 1.54) is 0 Å². The Kier molecular flexibility index (Phi) is 4.36. The Morgan fingerprint density at radius 2 is 2.00 bits per heavy atom. The maximum absolute atomic E-state index is 10.5. The number of carbonyl (C=O) groups is 1. The molecule has 0 heterocycles. The fraction of sp³-hybridized carbons (Fsp3) is 0.750. The van der Waals surface area contributed by atoms with Crippen LogP contribution in [-0.4, -0.2) is 16.4 Å². The van der Waals surface area contributed by atoms with Crippen LogP contribution in [0.2, 0.25) is 0 Å². The molecule has 0 saturated heterocycles. The molecule has 0 atom stereocenters. The normalized spacial score (nSPS) is 11.2. The second-order valence-electron chi connectivity index (χ2n) is 1.28. The van der Waals surface area contributed by atoms with Crippen molar-refractivity contribution in [3.8, 4) is 0 Å². The van der Waals surface area contributed by atoms with Crippen LogP contribution in [-0.2, 0) is 14.6 Å². The largest absolute Gasteiger partial charge is 0.393 e. The van der Waals surface area contributed by atoms with Gasteiger partial charge in [-0.3, -0.25) is 4.89 Å². The first-order chi connectivity index (χ1) is 4.48. The van der Waals surface area contributed by atoms with E-state index < -0.39 is 9.76 Å². The lowest BCUT2D eigenvalue weighted by atomic mass is 10.8. The van der Waals surface area contributed by atoms with Crippen molar-refractivity contribution in [3.63, 3.8) is 0 Å². The van der Waals surface area contributed by atoms with E-state index in [0.29, 0.717) is 0 Å². The van der Waals surface area contributed by atoms with Gasteiger partial charge in [-0.1, -0.05) is 34.8 Å². The highest BCUT2D eigenvalue weighted by atomic mass is 35.6. The minimum absolute atomic E-state index is 0.215. The summed E-state index contributed by atoms with van der Waals surface area (Å²) < 4.78 is -2.06. The zero-order valence-corrected chi connectivity index (χ0v) is 7.33. The summed E-state index contributed by atoms with van der Waals surface area (Å²) in [6.07, 6.45) is 0. The summed E-state index contributed by atoms with van der Waals surface area (Å²) >= 11 is 15.3.